The Kier molecular flexibility index (Phi) is 8.10. The highest BCUT2D eigenvalue weighted by Gasteiger charge is 2.20. The maximum Gasteiger partial charge on any atom is 0.203 e. The number of hydrogen-bond acceptors (Lipinski definition) is 5. The molecule has 0 amide bonds. The minimum absolute atomic E-state index is 0.594. The second-order valence-electron chi connectivity index (χ2n) is 8.38. The summed E-state index contributed by atoms with van der Waals surface area (Å²) in [6, 6.07) is 22.4. The first kappa shape index (κ1) is 23.7. The molecule has 3 aromatic rings. The number of ether oxygens (including phenoxy) is 4. The van der Waals surface area contributed by atoms with Crippen LogP contribution >= 0.6 is 0 Å². The lowest BCUT2D eigenvalue weighted by Crippen LogP contribution is -2.33. The molecular formula is C29H33NO4. The zero-order valence-corrected chi connectivity index (χ0v) is 20.2. The van der Waals surface area contributed by atoms with Crippen LogP contribution in [0, 0.1) is 0 Å². The molecule has 1 fully saturated rings. The van der Waals surface area contributed by atoms with Gasteiger partial charge in [-0.1, -0.05) is 42.5 Å². The molecule has 0 saturated carbocycles. The molecule has 4 rings (SSSR count). The molecule has 34 heavy (non-hydrogen) atoms. The van der Waals surface area contributed by atoms with E-state index in [4.69, 9.17) is 18.9 Å². The summed E-state index contributed by atoms with van der Waals surface area (Å²) in [7, 11) is 4.91. The van der Waals surface area contributed by atoms with Crippen molar-refractivity contribution in [3.63, 3.8) is 0 Å². The number of hydrogen-bond donors (Lipinski definition) is 0. The Bertz CT molecular complexity index is 1070. The van der Waals surface area contributed by atoms with Gasteiger partial charge in [-0.25, -0.2) is 0 Å². The number of rotatable bonds is 9. The molecule has 1 aliphatic heterocycles. The molecule has 1 aliphatic rings. The number of nitrogens with zero attached hydrogens (tertiary/aromatic N) is 1. The number of methoxy groups -OCH3 is 3. The number of benzene rings is 3. The van der Waals surface area contributed by atoms with E-state index < -0.39 is 0 Å². The van der Waals surface area contributed by atoms with E-state index >= 15 is 0 Å². The third-order valence-electron chi connectivity index (χ3n) is 6.31. The Balaban J connectivity index is 1.29. The summed E-state index contributed by atoms with van der Waals surface area (Å²) in [5.74, 6) is 4.31. The normalized spacial score (nSPS) is 14.8. The maximum atomic E-state index is 5.92. The van der Waals surface area contributed by atoms with Gasteiger partial charge >= 0.3 is 0 Å². The Labute approximate surface area is 202 Å². The summed E-state index contributed by atoms with van der Waals surface area (Å²) in [6.07, 6.45) is 6.61. The van der Waals surface area contributed by atoms with Crippen LogP contribution in [0.2, 0.25) is 0 Å². The smallest absolute Gasteiger partial charge is 0.203 e. The number of para-hydroxylation sites is 1. The van der Waals surface area contributed by atoms with E-state index in [1.54, 1.807) is 21.3 Å². The van der Waals surface area contributed by atoms with Gasteiger partial charge in [-0.05, 0) is 73.8 Å². The third kappa shape index (κ3) is 5.72. The number of likely N-dealkylation sites (tertiary alicyclic amines) is 1. The SMILES string of the molecule is COc1ccc(/C=C/CN2CCC(c3ccc(Oc4ccccc4)cc3)CC2)c(OC)c1OC. The van der Waals surface area contributed by atoms with E-state index in [1.165, 1.54) is 5.56 Å². The molecule has 0 bridgehead atoms. The van der Waals surface area contributed by atoms with E-state index in [0.29, 0.717) is 23.2 Å². The van der Waals surface area contributed by atoms with E-state index in [-0.39, 0.29) is 0 Å². The lowest BCUT2D eigenvalue weighted by atomic mass is 9.89. The molecule has 0 radical (unpaired) electrons. The van der Waals surface area contributed by atoms with Crippen molar-refractivity contribution in [2.24, 2.45) is 0 Å². The summed E-state index contributed by atoms with van der Waals surface area (Å²) < 4.78 is 22.4. The molecule has 5 nitrogen and oxygen atoms in total. The first-order valence-corrected chi connectivity index (χ1v) is 11.7. The molecule has 0 spiro atoms. The van der Waals surface area contributed by atoms with Crippen molar-refractivity contribution in [1.29, 1.82) is 0 Å². The van der Waals surface area contributed by atoms with Crippen molar-refractivity contribution in [2.45, 2.75) is 18.8 Å². The second-order valence-corrected chi connectivity index (χ2v) is 8.38. The van der Waals surface area contributed by atoms with Crippen LogP contribution in [0.4, 0.5) is 0 Å². The van der Waals surface area contributed by atoms with Gasteiger partial charge in [-0.3, -0.25) is 4.90 Å². The zero-order valence-electron chi connectivity index (χ0n) is 20.2. The summed E-state index contributed by atoms with van der Waals surface area (Å²) in [4.78, 5) is 2.49. The van der Waals surface area contributed by atoms with Crippen LogP contribution in [-0.4, -0.2) is 45.9 Å². The standard InChI is InChI=1S/C29H33NO4/c1-31-27-16-13-24(28(32-2)29(27)33-3)8-7-19-30-20-17-23(18-21-30)22-11-14-26(15-12-22)34-25-9-5-4-6-10-25/h4-16,23H,17-21H2,1-3H3/b8-7+. The van der Waals surface area contributed by atoms with Gasteiger partial charge in [0.2, 0.25) is 5.75 Å². The Morgan fingerprint density at radius 2 is 1.44 bits per heavy atom. The summed E-state index contributed by atoms with van der Waals surface area (Å²) in [5.41, 5.74) is 2.37. The molecule has 0 N–H and O–H groups in total. The van der Waals surface area contributed by atoms with Gasteiger partial charge < -0.3 is 18.9 Å². The highest BCUT2D eigenvalue weighted by atomic mass is 16.5. The quantitative estimate of drug-likeness (QED) is 0.370. The molecule has 1 saturated heterocycles. The topological polar surface area (TPSA) is 40.2 Å². The zero-order chi connectivity index (χ0) is 23.8. The Morgan fingerprint density at radius 3 is 2.09 bits per heavy atom. The van der Waals surface area contributed by atoms with Gasteiger partial charge in [0.1, 0.15) is 11.5 Å². The van der Waals surface area contributed by atoms with E-state index in [9.17, 15) is 0 Å². The molecule has 178 valence electrons. The maximum absolute atomic E-state index is 5.92. The van der Waals surface area contributed by atoms with Crippen LogP contribution in [0.15, 0.2) is 72.8 Å². The Hall–Kier alpha value is -3.44. The van der Waals surface area contributed by atoms with Crippen LogP contribution in [0.3, 0.4) is 0 Å². The monoisotopic (exact) mass is 459 g/mol. The summed E-state index contributed by atoms with van der Waals surface area (Å²) in [5, 5.41) is 0. The van der Waals surface area contributed by atoms with E-state index in [0.717, 1.165) is 49.5 Å². The van der Waals surface area contributed by atoms with Crippen LogP contribution in [-0.2, 0) is 0 Å². The van der Waals surface area contributed by atoms with Gasteiger partial charge in [-0.2, -0.15) is 0 Å². The van der Waals surface area contributed by atoms with Crippen molar-refractivity contribution in [2.75, 3.05) is 41.0 Å². The minimum Gasteiger partial charge on any atom is -0.493 e. The molecule has 0 atom stereocenters. The highest BCUT2D eigenvalue weighted by molar-refractivity contribution is 5.66. The molecule has 0 unspecified atom stereocenters. The van der Waals surface area contributed by atoms with Crippen molar-refractivity contribution >= 4 is 6.08 Å². The molecular weight excluding hydrogens is 426 g/mol. The summed E-state index contributed by atoms with van der Waals surface area (Å²) >= 11 is 0. The van der Waals surface area contributed by atoms with Gasteiger partial charge in [0, 0.05) is 12.1 Å². The minimum atomic E-state index is 0.594. The van der Waals surface area contributed by atoms with Crippen LogP contribution in [0.25, 0.3) is 6.08 Å². The highest BCUT2D eigenvalue weighted by Crippen LogP contribution is 2.40. The lowest BCUT2D eigenvalue weighted by molar-refractivity contribution is 0.233. The van der Waals surface area contributed by atoms with Gasteiger partial charge in [-0.15, -0.1) is 0 Å². The summed E-state index contributed by atoms with van der Waals surface area (Å²) in [6.45, 7) is 3.08. The van der Waals surface area contributed by atoms with Gasteiger partial charge in [0.05, 0.1) is 21.3 Å². The molecule has 0 aromatic heterocycles. The fourth-order valence-electron chi connectivity index (χ4n) is 4.47. The van der Waals surface area contributed by atoms with Crippen LogP contribution in [0.1, 0.15) is 29.9 Å². The van der Waals surface area contributed by atoms with Crippen molar-refractivity contribution in [1.82, 2.24) is 4.90 Å². The fourth-order valence-corrected chi connectivity index (χ4v) is 4.47. The molecule has 1 heterocycles. The average Bonchev–Trinajstić information content (AvgIpc) is 2.89. The van der Waals surface area contributed by atoms with Crippen molar-refractivity contribution in [3.8, 4) is 28.7 Å². The lowest BCUT2D eigenvalue weighted by Gasteiger charge is -2.31. The van der Waals surface area contributed by atoms with E-state index in [2.05, 4.69) is 41.3 Å². The predicted octanol–water partition coefficient (Wildman–Crippen LogP) is 6.40. The molecule has 0 aliphatic carbocycles. The van der Waals surface area contributed by atoms with Crippen molar-refractivity contribution in [3.05, 3.63) is 83.9 Å². The first-order chi connectivity index (χ1) is 16.7. The Morgan fingerprint density at radius 1 is 0.765 bits per heavy atom. The average molecular weight is 460 g/mol. The molecule has 3 aromatic carbocycles. The van der Waals surface area contributed by atoms with Crippen LogP contribution in [0.5, 0.6) is 28.7 Å². The predicted molar refractivity (Wildman–Crippen MR) is 137 cm³/mol. The van der Waals surface area contributed by atoms with E-state index in [1.807, 2.05) is 42.5 Å². The second kappa shape index (κ2) is 11.6. The third-order valence-corrected chi connectivity index (χ3v) is 6.31. The van der Waals surface area contributed by atoms with Crippen LogP contribution < -0.4 is 18.9 Å². The largest absolute Gasteiger partial charge is 0.493 e. The van der Waals surface area contributed by atoms with Gasteiger partial charge in [0.25, 0.3) is 0 Å². The molecule has 5 heteroatoms. The number of piperidine rings is 1. The fraction of sp³-hybridized carbons (Fsp3) is 0.310. The first-order valence-electron chi connectivity index (χ1n) is 11.7. The van der Waals surface area contributed by atoms with Gasteiger partial charge in [0.15, 0.2) is 11.5 Å². The van der Waals surface area contributed by atoms with Crippen molar-refractivity contribution < 1.29 is 18.9 Å².